The minimum atomic E-state index is -0.623. The highest BCUT2D eigenvalue weighted by Gasteiger charge is 2.33. The number of hydrogen-bond acceptors (Lipinski definition) is 2. The van der Waals surface area contributed by atoms with Gasteiger partial charge in [0.15, 0.2) is 5.79 Å². The van der Waals surface area contributed by atoms with Gasteiger partial charge in [0.2, 0.25) is 0 Å². The highest BCUT2D eigenvalue weighted by atomic mass is 79.9. The Bertz CT molecular complexity index is 835. The average Bonchev–Trinajstić information content (AvgIpc) is 2.95. The van der Waals surface area contributed by atoms with Crippen LogP contribution in [0.15, 0.2) is 53.0 Å². The monoisotopic (exact) mass is 342 g/mol. The molecule has 0 N–H and O–H groups in total. The summed E-state index contributed by atoms with van der Waals surface area (Å²) in [4.78, 5) is 0. The Balaban J connectivity index is 2.02. The van der Waals surface area contributed by atoms with Crippen molar-refractivity contribution in [3.8, 4) is 0 Å². The van der Waals surface area contributed by atoms with Gasteiger partial charge in [-0.25, -0.2) is 0 Å². The van der Waals surface area contributed by atoms with E-state index in [0.29, 0.717) is 13.2 Å². The number of ether oxygens (including phenoxy) is 2. The molecule has 3 aromatic rings. The van der Waals surface area contributed by atoms with Gasteiger partial charge < -0.3 is 9.47 Å². The van der Waals surface area contributed by atoms with E-state index >= 15 is 0 Å². The number of halogens is 1. The van der Waals surface area contributed by atoms with Crippen LogP contribution < -0.4 is 0 Å². The van der Waals surface area contributed by atoms with Crippen LogP contribution in [0.3, 0.4) is 0 Å². The third-order valence-corrected chi connectivity index (χ3v) is 4.83. The summed E-state index contributed by atoms with van der Waals surface area (Å²) in [6.45, 7) is 3.29. The minimum absolute atomic E-state index is 0.623. The molecule has 1 heterocycles. The molecule has 1 aliphatic heterocycles. The van der Waals surface area contributed by atoms with Gasteiger partial charge >= 0.3 is 0 Å². The van der Waals surface area contributed by atoms with Crippen LogP contribution in [-0.2, 0) is 15.3 Å². The van der Waals surface area contributed by atoms with Gasteiger partial charge in [0.1, 0.15) is 0 Å². The molecule has 1 saturated heterocycles. The van der Waals surface area contributed by atoms with Crippen molar-refractivity contribution in [1.29, 1.82) is 0 Å². The predicted molar refractivity (Wildman–Crippen MR) is 88.4 cm³/mol. The van der Waals surface area contributed by atoms with Gasteiger partial charge in [-0.15, -0.1) is 0 Å². The molecule has 0 unspecified atom stereocenters. The van der Waals surface area contributed by atoms with E-state index in [1.807, 2.05) is 6.92 Å². The number of rotatable bonds is 1. The fourth-order valence-corrected chi connectivity index (χ4v) is 3.61. The van der Waals surface area contributed by atoms with E-state index in [9.17, 15) is 0 Å². The first-order valence-corrected chi connectivity index (χ1v) is 7.86. The van der Waals surface area contributed by atoms with E-state index in [-0.39, 0.29) is 0 Å². The third-order valence-electron chi connectivity index (χ3n) is 4.17. The smallest absolute Gasteiger partial charge is 0.192 e. The lowest BCUT2D eigenvalue weighted by molar-refractivity contribution is -0.149. The van der Waals surface area contributed by atoms with Crippen molar-refractivity contribution in [3.63, 3.8) is 0 Å². The topological polar surface area (TPSA) is 18.5 Å². The first-order valence-electron chi connectivity index (χ1n) is 7.07. The summed E-state index contributed by atoms with van der Waals surface area (Å²) in [5.74, 6) is -0.623. The zero-order valence-corrected chi connectivity index (χ0v) is 13.3. The maximum absolute atomic E-state index is 5.78. The summed E-state index contributed by atoms with van der Waals surface area (Å²) in [6.07, 6.45) is 0. The maximum Gasteiger partial charge on any atom is 0.192 e. The SMILES string of the molecule is CC1(c2ccc3cc(Br)c4ccccc4c3c2)OCCO1. The van der Waals surface area contributed by atoms with Crippen LogP contribution in [0, 0.1) is 0 Å². The lowest BCUT2D eigenvalue weighted by Crippen LogP contribution is -2.22. The second-order valence-electron chi connectivity index (χ2n) is 5.48. The van der Waals surface area contributed by atoms with E-state index in [2.05, 4.69) is 64.5 Å². The Kier molecular flexibility index (Phi) is 3.03. The van der Waals surface area contributed by atoms with Gasteiger partial charge in [0.05, 0.1) is 13.2 Å². The molecule has 1 aliphatic rings. The van der Waals surface area contributed by atoms with Gasteiger partial charge in [0.25, 0.3) is 0 Å². The molecule has 0 amide bonds. The lowest BCUT2D eigenvalue weighted by atomic mass is 9.97. The first kappa shape index (κ1) is 13.3. The molecule has 1 fully saturated rings. The quantitative estimate of drug-likeness (QED) is 0.581. The molecule has 0 bridgehead atoms. The van der Waals surface area contributed by atoms with Crippen molar-refractivity contribution >= 4 is 37.5 Å². The fourth-order valence-electron chi connectivity index (χ4n) is 3.02. The Morgan fingerprint density at radius 2 is 1.62 bits per heavy atom. The van der Waals surface area contributed by atoms with E-state index in [4.69, 9.17) is 9.47 Å². The summed E-state index contributed by atoms with van der Waals surface area (Å²) < 4.78 is 12.7. The van der Waals surface area contributed by atoms with Crippen molar-refractivity contribution in [2.45, 2.75) is 12.7 Å². The molecule has 0 spiro atoms. The second-order valence-corrected chi connectivity index (χ2v) is 6.34. The largest absolute Gasteiger partial charge is 0.344 e. The summed E-state index contributed by atoms with van der Waals surface area (Å²) in [5, 5.41) is 4.91. The maximum atomic E-state index is 5.78. The van der Waals surface area contributed by atoms with Gasteiger partial charge in [-0.3, -0.25) is 0 Å². The van der Waals surface area contributed by atoms with E-state index in [1.165, 1.54) is 21.5 Å². The molecule has 3 heteroatoms. The molecule has 0 aliphatic carbocycles. The number of hydrogen-bond donors (Lipinski definition) is 0. The standard InChI is InChI=1S/C18H15BrO2/c1-18(20-8-9-21-18)13-7-6-12-10-17(19)15-5-3-2-4-14(15)16(12)11-13/h2-7,10-11H,8-9H2,1H3. The molecule has 0 radical (unpaired) electrons. The van der Waals surface area contributed by atoms with E-state index < -0.39 is 5.79 Å². The van der Waals surface area contributed by atoms with Gasteiger partial charge in [-0.2, -0.15) is 0 Å². The molecular formula is C18H15BrO2. The van der Waals surface area contributed by atoms with Crippen LogP contribution in [0.4, 0.5) is 0 Å². The summed E-state index contributed by atoms with van der Waals surface area (Å²) in [7, 11) is 0. The average molecular weight is 343 g/mol. The molecule has 3 aromatic carbocycles. The Morgan fingerprint density at radius 1 is 0.905 bits per heavy atom. The fraction of sp³-hybridized carbons (Fsp3) is 0.222. The van der Waals surface area contributed by atoms with Crippen LogP contribution in [0.2, 0.25) is 0 Å². The minimum Gasteiger partial charge on any atom is -0.344 e. The lowest BCUT2D eigenvalue weighted by Gasteiger charge is -2.23. The van der Waals surface area contributed by atoms with Crippen molar-refractivity contribution in [3.05, 3.63) is 58.6 Å². The van der Waals surface area contributed by atoms with E-state index in [1.54, 1.807) is 0 Å². The van der Waals surface area contributed by atoms with Crippen molar-refractivity contribution in [2.75, 3.05) is 13.2 Å². The molecule has 0 saturated carbocycles. The van der Waals surface area contributed by atoms with Gasteiger partial charge in [-0.1, -0.05) is 52.3 Å². The third kappa shape index (κ3) is 2.08. The molecule has 2 nitrogen and oxygen atoms in total. The summed E-state index contributed by atoms with van der Waals surface area (Å²) in [5.41, 5.74) is 1.07. The molecule has 21 heavy (non-hydrogen) atoms. The van der Waals surface area contributed by atoms with Crippen molar-refractivity contribution in [2.24, 2.45) is 0 Å². The zero-order chi connectivity index (χ0) is 14.4. The second kappa shape index (κ2) is 4.80. The molecule has 106 valence electrons. The Hall–Kier alpha value is -1.42. The first-order chi connectivity index (χ1) is 10.2. The van der Waals surface area contributed by atoms with Gasteiger partial charge in [0, 0.05) is 10.0 Å². The molecule has 0 atom stereocenters. The molecular weight excluding hydrogens is 328 g/mol. The van der Waals surface area contributed by atoms with Crippen LogP contribution in [-0.4, -0.2) is 13.2 Å². The van der Waals surface area contributed by atoms with Crippen LogP contribution in [0.25, 0.3) is 21.5 Å². The van der Waals surface area contributed by atoms with Crippen LogP contribution in [0.5, 0.6) is 0 Å². The number of fused-ring (bicyclic) bond motifs is 3. The Labute approximate surface area is 131 Å². The van der Waals surface area contributed by atoms with Crippen molar-refractivity contribution in [1.82, 2.24) is 0 Å². The summed E-state index contributed by atoms with van der Waals surface area (Å²) >= 11 is 3.66. The molecule has 0 aromatic heterocycles. The predicted octanol–water partition coefficient (Wildman–Crippen LogP) is 4.98. The zero-order valence-electron chi connectivity index (χ0n) is 11.7. The van der Waals surface area contributed by atoms with Gasteiger partial charge in [-0.05, 0) is 40.6 Å². The summed E-state index contributed by atoms with van der Waals surface area (Å²) in [6, 6.07) is 17.0. The van der Waals surface area contributed by atoms with Crippen molar-refractivity contribution < 1.29 is 9.47 Å². The highest BCUT2D eigenvalue weighted by molar-refractivity contribution is 9.10. The number of benzene rings is 3. The highest BCUT2D eigenvalue weighted by Crippen LogP contribution is 2.36. The molecule has 4 rings (SSSR count). The normalized spacial score (nSPS) is 17.6. The van der Waals surface area contributed by atoms with Crippen LogP contribution in [0.1, 0.15) is 12.5 Å². The van der Waals surface area contributed by atoms with E-state index in [0.717, 1.165) is 10.0 Å². The Morgan fingerprint density at radius 3 is 2.38 bits per heavy atom. The van der Waals surface area contributed by atoms with Crippen LogP contribution >= 0.6 is 15.9 Å².